The van der Waals surface area contributed by atoms with Gasteiger partial charge in [0.2, 0.25) is 0 Å². The number of likely N-dealkylation sites (tertiary alicyclic amines) is 1. The number of ketones is 1. The Balaban J connectivity index is 0.000000461. The first kappa shape index (κ1) is 10.2. The normalized spacial score (nSPS) is 17.0. The molecule has 0 N–H and O–H groups in total. The zero-order chi connectivity index (χ0) is 8.69. The summed E-state index contributed by atoms with van der Waals surface area (Å²) in [6, 6.07) is 0. The van der Waals surface area contributed by atoms with Crippen LogP contribution in [-0.4, -0.2) is 30.3 Å². The maximum absolute atomic E-state index is 10.6. The highest BCUT2D eigenvalue weighted by Gasteiger charge is 2.11. The van der Waals surface area contributed by atoms with Crippen LogP contribution in [0.1, 0.15) is 19.8 Å². The minimum absolute atomic E-state index is 0.289. The fraction of sp³-hybridized carbons (Fsp3) is 0.667. The summed E-state index contributed by atoms with van der Waals surface area (Å²) in [5.74, 6) is 0.289. The van der Waals surface area contributed by atoms with Gasteiger partial charge in [-0.1, -0.05) is 0 Å². The van der Waals surface area contributed by atoms with Gasteiger partial charge in [0.1, 0.15) is 5.78 Å². The van der Waals surface area contributed by atoms with Gasteiger partial charge in [0.15, 0.2) is 0 Å². The maximum atomic E-state index is 10.6. The molecule has 1 rings (SSSR count). The fourth-order valence-electron chi connectivity index (χ4n) is 1.26. The van der Waals surface area contributed by atoms with Gasteiger partial charge in [-0.3, -0.25) is 9.69 Å². The summed E-state index contributed by atoms with van der Waals surface area (Å²) in [6.45, 7) is 4.57. The van der Waals surface area contributed by atoms with Crippen LogP contribution in [0, 0.1) is 12.8 Å². The monoisotopic (exact) mass is 153 g/mol. The van der Waals surface area contributed by atoms with Gasteiger partial charge in [-0.15, -0.1) is 12.8 Å². The van der Waals surface area contributed by atoms with Crippen molar-refractivity contribution in [2.45, 2.75) is 19.8 Å². The third kappa shape index (κ3) is 4.58. The molecule has 1 aliphatic rings. The molecule has 1 aliphatic heterocycles. The van der Waals surface area contributed by atoms with Crippen LogP contribution in [0.4, 0.5) is 0 Å². The lowest BCUT2D eigenvalue weighted by Crippen LogP contribution is -2.24. The Hall–Kier alpha value is -0.810. The Kier molecular flexibility index (Phi) is 5.50. The molecule has 0 aliphatic carbocycles. The summed E-state index contributed by atoms with van der Waals surface area (Å²) < 4.78 is 0. The number of hydrogen-bond donors (Lipinski definition) is 0. The van der Waals surface area contributed by atoms with Gasteiger partial charge in [-0.25, -0.2) is 0 Å². The Morgan fingerprint density at radius 1 is 1.36 bits per heavy atom. The van der Waals surface area contributed by atoms with E-state index in [9.17, 15) is 4.79 Å². The topological polar surface area (TPSA) is 20.3 Å². The van der Waals surface area contributed by atoms with Crippen LogP contribution < -0.4 is 0 Å². The van der Waals surface area contributed by atoms with Crippen molar-refractivity contribution >= 4 is 5.78 Å². The van der Waals surface area contributed by atoms with Crippen molar-refractivity contribution in [1.29, 1.82) is 0 Å². The molecule has 0 bridgehead atoms. The second kappa shape index (κ2) is 5.94. The predicted molar refractivity (Wildman–Crippen MR) is 46.2 cm³/mol. The lowest BCUT2D eigenvalue weighted by atomic mass is 10.4. The average molecular weight is 153 g/mol. The highest BCUT2D eigenvalue weighted by atomic mass is 16.1. The summed E-state index contributed by atoms with van der Waals surface area (Å²) in [6.07, 6.45) is 10.5. The van der Waals surface area contributed by atoms with Crippen molar-refractivity contribution < 1.29 is 4.79 Å². The summed E-state index contributed by atoms with van der Waals surface area (Å²) in [4.78, 5) is 12.8. The minimum atomic E-state index is 0.289. The molecule has 1 saturated heterocycles. The van der Waals surface area contributed by atoms with Gasteiger partial charge in [-0.2, -0.15) is 0 Å². The number of carbonyl (C=O) groups excluding carboxylic acids is 1. The second-order valence-corrected chi connectivity index (χ2v) is 2.69. The molecule has 0 amide bonds. The zero-order valence-electron chi connectivity index (χ0n) is 7.05. The molecule has 2 nitrogen and oxygen atoms in total. The largest absolute Gasteiger partial charge is 0.299 e. The first-order chi connectivity index (χ1) is 5.29. The van der Waals surface area contributed by atoms with E-state index in [2.05, 4.69) is 17.7 Å². The van der Waals surface area contributed by atoms with E-state index in [0.29, 0.717) is 6.54 Å². The van der Waals surface area contributed by atoms with E-state index < -0.39 is 0 Å². The second-order valence-electron chi connectivity index (χ2n) is 2.69. The molecule has 1 fully saturated rings. The molecule has 0 unspecified atom stereocenters. The van der Waals surface area contributed by atoms with Crippen molar-refractivity contribution in [3.05, 3.63) is 0 Å². The highest BCUT2D eigenvalue weighted by Crippen LogP contribution is 2.05. The summed E-state index contributed by atoms with van der Waals surface area (Å²) in [5.41, 5.74) is 0. The Bertz CT molecular complexity index is 134. The summed E-state index contributed by atoms with van der Waals surface area (Å²) in [5, 5.41) is 0. The van der Waals surface area contributed by atoms with Gasteiger partial charge < -0.3 is 0 Å². The first-order valence-corrected chi connectivity index (χ1v) is 3.84. The quantitative estimate of drug-likeness (QED) is 0.550. The van der Waals surface area contributed by atoms with E-state index in [-0.39, 0.29) is 5.78 Å². The molecule has 0 aromatic heterocycles. The summed E-state index contributed by atoms with van der Waals surface area (Å²) >= 11 is 0. The van der Waals surface area contributed by atoms with E-state index in [1.54, 1.807) is 6.92 Å². The first-order valence-electron chi connectivity index (χ1n) is 3.84. The number of terminal acetylenes is 1. The molecule has 0 aromatic carbocycles. The van der Waals surface area contributed by atoms with Gasteiger partial charge in [0, 0.05) is 0 Å². The third-order valence-electron chi connectivity index (χ3n) is 1.64. The summed E-state index contributed by atoms with van der Waals surface area (Å²) in [7, 11) is 0. The van der Waals surface area contributed by atoms with E-state index in [0.717, 1.165) is 13.1 Å². The van der Waals surface area contributed by atoms with Crippen molar-refractivity contribution in [3.63, 3.8) is 0 Å². The average Bonchev–Trinajstić information content (AvgIpc) is 2.43. The van der Waals surface area contributed by atoms with Gasteiger partial charge in [0.05, 0.1) is 6.54 Å². The van der Waals surface area contributed by atoms with E-state index in [1.165, 1.54) is 12.8 Å². The molecule has 2 heteroatoms. The van der Waals surface area contributed by atoms with Gasteiger partial charge >= 0.3 is 0 Å². The Morgan fingerprint density at radius 2 is 1.82 bits per heavy atom. The zero-order valence-corrected chi connectivity index (χ0v) is 7.05. The van der Waals surface area contributed by atoms with Gasteiger partial charge in [0.25, 0.3) is 0 Å². The van der Waals surface area contributed by atoms with Crippen LogP contribution in [-0.2, 0) is 4.79 Å². The van der Waals surface area contributed by atoms with Gasteiger partial charge in [-0.05, 0) is 32.9 Å². The van der Waals surface area contributed by atoms with Crippen LogP contribution in [0.3, 0.4) is 0 Å². The van der Waals surface area contributed by atoms with Crippen LogP contribution in [0.15, 0.2) is 0 Å². The molecular formula is C9H15NO. The van der Waals surface area contributed by atoms with Crippen LogP contribution in [0.5, 0.6) is 0 Å². The van der Waals surface area contributed by atoms with Crippen LogP contribution >= 0.6 is 0 Å². The van der Waals surface area contributed by atoms with E-state index in [4.69, 9.17) is 0 Å². The van der Waals surface area contributed by atoms with Crippen LogP contribution in [0.25, 0.3) is 0 Å². The molecule has 0 radical (unpaired) electrons. The molecule has 0 aromatic rings. The standard InChI is InChI=1S/C7H13NO.C2H2/c1-7(9)6-8-4-2-3-5-8;1-2/h2-6H2,1H3;1-2H. The number of nitrogens with zero attached hydrogens (tertiary/aromatic N) is 1. The number of carbonyl (C=O) groups is 1. The Labute approximate surface area is 68.6 Å². The fourth-order valence-corrected chi connectivity index (χ4v) is 1.26. The van der Waals surface area contributed by atoms with Crippen molar-refractivity contribution in [3.8, 4) is 12.8 Å². The molecule has 11 heavy (non-hydrogen) atoms. The minimum Gasteiger partial charge on any atom is -0.299 e. The molecule has 1 heterocycles. The molecule has 0 spiro atoms. The van der Waals surface area contributed by atoms with E-state index >= 15 is 0 Å². The molecular weight excluding hydrogens is 138 g/mol. The van der Waals surface area contributed by atoms with Crippen molar-refractivity contribution in [2.24, 2.45) is 0 Å². The van der Waals surface area contributed by atoms with E-state index in [1.807, 2.05) is 0 Å². The molecule has 62 valence electrons. The lowest BCUT2D eigenvalue weighted by Gasteiger charge is -2.10. The number of hydrogen-bond acceptors (Lipinski definition) is 2. The lowest BCUT2D eigenvalue weighted by molar-refractivity contribution is -0.117. The highest BCUT2D eigenvalue weighted by molar-refractivity contribution is 5.77. The smallest absolute Gasteiger partial charge is 0.143 e. The maximum Gasteiger partial charge on any atom is 0.143 e. The molecule has 0 atom stereocenters. The van der Waals surface area contributed by atoms with Crippen molar-refractivity contribution in [2.75, 3.05) is 19.6 Å². The Morgan fingerprint density at radius 3 is 2.18 bits per heavy atom. The third-order valence-corrected chi connectivity index (χ3v) is 1.64. The van der Waals surface area contributed by atoms with Crippen LogP contribution in [0.2, 0.25) is 0 Å². The predicted octanol–water partition coefficient (Wildman–Crippen LogP) is 0.921. The number of rotatable bonds is 2. The number of Topliss-reactive ketones (excluding diaryl/α,β-unsaturated/α-hetero) is 1. The molecule has 0 saturated carbocycles. The SMILES string of the molecule is C#C.CC(=O)CN1CCCC1. The van der Waals surface area contributed by atoms with Crippen molar-refractivity contribution in [1.82, 2.24) is 4.90 Å².